The summed E-state index contributed by atoms with van der Waals surface area (Å²) in [6.07, 6.45) is 2.12. The first kappa shape index (κ1) is 26.1. The number of hydrogen-bond acceptors (Lipinski definition) is 5. The lowest BCUT2D eigenvalue weighted by Crippen LogP contribution is -2.26. The van der Waals surface area contributed by atoms with Gasteiger partial charge in [0, 0.05) is 70.5 Å². The van der Waals surface area contributed by atoms with E-state index in [2.05, 4.69) is 93.6 Å². The third-order valence-electron chi connectivity index (χ3n) is 7.35. The normalized spacial score (nSPS) is 15.8. The highest BCUT2D eigenvalue weighted by atomic mass is 16.6. The number of anilines is 3. The van der Waals surface area contributed by atoms with Gasteiger partial charge in [0.25, 0.3) is 0 Å². The Morgan fingerprint density at radius 3 is 1.51 bits per heavy atom. The predicted octanol–water partition coefficient (Wildman–Crippen LogP) is 6.43. The minimum Gasteiger partial charge on any atom is -0.441 e. The van der Waals surface area contributed by atoms with Crippen LogP contribution < -0.4 is 14.7 Å². The average molecular weight is 518 g/mol. The molecular formula is C34H35N3O2. The number of hydrogen-bond donors (Lipinski definition) is 0. The van der Waals surface area contributed by atoms with E-state index in [-0.39, 0.29) is 5.97 Å². The molecule has 1 atom stereocenters. The molecule has 0 radical (unpaired) electrons. The van der Waals surface area contributed by atoms with Crippen molar-refractivity contribution < 1.29 is 9.53 Å². The van der Waals surface area contributed by atoms with E-state index in [0.29, 0.717) is 5.56 Å². The summed E-state index contributed by atoms with van der Waals surface area (Å²) in [7, 11) is 12.2. The molecule has 0 saturated carbocycles. The molecule has 0 bridgehead atoms. The molecule has 0 N–H and O–H groups in total. The van der Waals surface area contributed by atoms with Crippen molar-refractivity contribution in [1.29, 1.82) is 0 Å². The van der Waals surface area contributed by atoms with Crippen molar-refractivity contribution in [1.82, 2.24) is 0 Å². The van der Waals surface area contributed by atoms with Gasteiger partial charge in [-0.1, -0.05) is 54.6 Å². The van der Waals surface area contributed by atoms with Gasteiger partial charge in [-0.25, -0.2) is 4.79 Å². The van der Waals surface area contributed by atoms with Gasteiger partial charge in [-0.15, -0.1) is 0 Å². The van der Waals surface area contributed by atoms with Crippen LogP contribution in [-0.4, -0.2) is 48.3 Å². The number of nitrogens with zero attached hydrogens (tertiary/aromatic N) is 3. The highest BCUT2D eigenvalue weighted by Crippen LogP contribution is 2.46. The van der Waals surface area contributed by atoms with Crippen molar-refractivity contribution in [2.75, 3.05) is 57.0 Å². The fourth-order valence-corrected chi connectivity index (χ4v) is 5.07. The highest BCUT2D eigenvalue weighted by molar-refractivity contribution is 5.97. The molecular weight excluding hydrogens is 482 g/mol. The van der Waals surface area contributed by atoms with E-state index < -0.39 is 5.60 Å². The minimum atomic E-state index is -1.08. The molecule has 39 heavy (non-hydrogen) atoms. The Kier molecular flexibility index (Phi) is 6.92. The summed E-state index contributed by atoms with van der Waals surface area (Å²) in [6.45, 7) is 0. The lowest BCUT2D eigenvalue weighted by Gasteiger charge is -2.29. The summed E-state index contributed by atoms with van der Waals surface area (Å²) < 4.78 is 6.36. The number of cyclic esters (lactones) is 1. The number of rotatable bonds is 7. The number of benzene rings is 4. The van der Waals surface area contributed by atoms with E-state index >= 15 is 0 Å². The second kappa shape index (κ2) is 10.3. The summed E-state index contributed by atoms with van der Waals surface area (Å²) in [5, 5.41) is 0. The molecule has 1 heterocycles. The van der Waals surface area contributed by atoms with Crippen molar-refractivity contribution in [3.05, 3.63) is 131 Å². The molecule has 1 unspecified atom stereocenters. The van der Waals surface area contributed by atoms with Gasteiger partial charge in [-0.3, -0.25) is 0 Å². The lowest BCUT2D eigenvalue weighted by molar-refractivity contribution is 0.0276. The smallest absolute Gasteiger partial charge is 0.340 e. The van der Waals surface area contributed by atoms with Gasteiger partial charge in [-0.2, -0.15) is 0 Å². The van der Waals surface area contributed by atoms with E-state index in [9.17, 15) is 4.79 Å². The van der Waals surface area contributed by atoms with Crippen LogP contribution in [0.4, 0.5) is 17.1 Å². The van der Waals surface area contributed by atoms with Crippen LogP contribution in [0.3, 0.4) is 0 Å². The Morgan fingerprint density at radius 2 is 1.05 bits per heavy atom. The van der Waals surface area contributed by atoms with Crippen molar-refractivity contribution in [2.45, 2.75) is 5.60 Å². The number of fused-ring (bicyclic) bond motifs is 1. The van der Waals surface area contributed by atoms with E-state index in [1.165, 1.54) is 0 Å². The topological polar surface area (TPSA) is 36.0 Å². The van der Waals surface area contributed by atoms with Crippen LogP contribution in [0.15, 0.2) is 103 Å². The molecule has 4 aromatic carbocycles. The third kappa shape index (κ3) is 4.88. The summed E-state index contributed by atoms with van der Waals surface area (Å²) in [4.78, 5) is 19.5. The van der Waals surface area contributed by atoms with Gasteiger partial charge >= 0.3 is 5.97 Å². The van der Waals surface area contributed by atoms with Crippen molar-refractivity contribution in [3.63, 3.8) is 0 Å². The lowest BCUT2D eigenvalue weighted by atomic mass is 9.81. The molecule has 5 heteroatoms. The fraction of sp³-hybridized carbons (Fsp3) is 0.206. The molecule has 0 saturated heterocycles. The maximum Gasteiger partial charge on any atom is 0.340 e. The molecule has 0 aliphatic carbocycles. The predicted molar refractivity (Wildman–Crippen MR) is 162 cm³/mol. The van der Waals surface area contributed by atoms with Crippen molar-refractivity contribution in [3.8, 4) is 0 Å². The van der Waals surface area contributed by atoms with Gasteiger partial charge in [0.05, 0.1) is 5.56 Å². The first-order valence-electron chi connectivity index (χ1n) is 13.1. The molecule has 5 nitrogen and oxygen atoms in total. The summed E-state index contributed by atoms with van der Waals surface area (Å²) in [6, 6.07) is 32.9. The van der Waals surface area contributed by atoms with E-state index in [1.807, 2.05) is 66.6 Å². The van der Waals surface area contributed by atoms with Crippen molar-refractivity contribution >= 4 is 28.6 Å². The van der Waals surface area contributed by atoms with Crippen LogP contribution in [0.2, 0.25) is 0 Å². The van der Waals surface area contributed by atoms with Gasteiger partial charge in [-0.05, 0) is 65.2 Å². The zero-order chi connectivity index (χ0) is 27.7. The SMILES string of the molecule is CN(C)c1ccc(C(=CC2(c3ccc(N(C)C)cc3)OC(=O)c3ccccc32)c2ccc(N(C)C)cc2)cc1. The maximum atomic E-state index is 13.3. The zero-order valence-electron chi connectivity index (χ0n) is 23.5. The van der Waals surface area contributed by atoms with Crippen LogP contribution in [0, 0.1) is 0 Å². The molecule has 198 valence electrons. The number of carbonyl (C=O) groups excluding carboxylic acids is 1. The standard InChI is InChI=1S/C34H35N3O2/c1-35(2)27-17-11-24(12-18-27)31(25-13-19-28(20-14-25)36(3)4)23-34(26-15-21-29(22-16-26)37(5)6)32-10-8-7-9-30(32)33(38)39-34/h7-23H,1-6H3. The molecule has 1 aliphatic rings. The van der Waals surface area contributed by atoms with Gasteiger partial charge in [0.15, 0.2) is 5.60 Å². The van der Waals surface area contributed by atoms with Gasteiger partial charge < -0.3 is 19.4 Å². The number of carbonyl (C=O) groups is 1. The van der Waals surface area contributed by atoms with Crippen LogP contribution in [0.5, 0.6) is 0 Å². The van der Waals surface area contributed by atoms with Crippen LogP contribution >= 0.6 is 0 Å². The fourth-order valence-electron chi connectivity index (χ4n) is 5.07. The summed E-state index contributed by atoms with van der Waals surface area (Å²) in [5.74, 6) is -0.316. The minimum absolute atomic E-state index is 0.316. The Morgan fingerprint density at radius 1 is 0.615 bits per heavy atom. The molecule has 0 aromatic heterocycles. The highest BCUT2D eigenvalue weighted by Gasteiger charge is 2.45. The Bertz CT molecular complexity index is 1450. The number of esters is 1. The third-order valence-corrected chi connectivity index (χ3v) is 7.35. The molecule has 4 aromatic rings. The molecule has 5 rings (SSSR count). The molecule has 0 fully saturated rings. The Balaban J connectivity index is 1.77. The zero-order valence-corrected chi connectivity index (χ0v) is 23.5. The molecule has 0 spiro atoms. The first-order valence-corrected chi connectivity index (χ1v) is 13.1. The van der Waals surface area contributed by atoms with E-state index in [1.54, 1.807) is 0 Å². The van der Waals surface area contributed by atoms with Gasteiger partial charge in [0.1, 0.15) is 0 Å². The van der Waals surface area contributed by atoms with Crippen molar-refractivity contribution in [2.24, 2.45) is 0 Å². The Hall–Kier alpha value is -4.51. The first-order chi connectivity index (χ1) is 18.7. The largest absolute Gasteiger partial charge is 0.441 e. The quantitative estimate of drug-likeness (QED) is 0.264. The second-order valence-corrected chi connectivity index (χ2v) is 10.6. The molecule has 0 amide bonds. The maximum absolute atomic E-state index is 13.3. The van der Waals surface area contributed by atoms with Crippen LogP contribution in [0.25, 0.3) is 5.57 Å². The van der Waals surface area contributed by atoms with E-state index in [0.717, 1.165) is 44.9 Å². The summed E-state index contributed by atoms with van der Waals surface area (Å²) in [5.41, 5.74) is 7.66. The van der Waals surface area contributed by atoms with Gasteiger partial charge in [0.2, 0.25) is 0 Å². The monoisotopic (exact) mass is 517 g/mol. The average Bonchev–Trinajstić information content (AvgIpc) is 3.24. The van der Waals surface area contributed by atoms with E-state index in [4.69, 9.17) is 4.74 Å². The molecule has 1 aliphatic heterocycles. The number of ether oxygens (including phenoxy) is 1. The Labute approximate surface area is 231 Å². The van der Waals surface area contributed by atoms with Crippen LogP contribution in [0.1, 0.15) is 32.6 Å². The summed E-state index contributed by atoms with van der Waals surface area (Å²) >= 11 is 0. The van der Waals surface area contributed by atoms with Crippen LogP contribution in [-0.2, 0) is 10.3 Å². The second-order valence-electron chi connectivity index (χ2n) is 10.6.